The summed E-state index contributed by atoms with van der Waals surface area (Å²) >= 11 is 5.88. The highest BCUT2D eigenvalue weighted by molar-refractivity contribution is 6.30. The Balaban J connectivity index is 1.56. The number of fused-ring (bicyclic) bond motifs is 1. The molecule has 0 aliphatic carbocycles. The Morgan fingerprint density at radius 1 is 0.778 bits per heavy atom. The van der Waals surface area contributed by atoms with E-state index in [4.69, 9.17) is 11.6 Å². The number of halogens is 3. The predicted octanol–water partition coefficient (Wildman–Crippen LogP) is 7.55. The van der Waals surface area contributed by atoms with Crippen LogP contribution in [0.2, 0.25) is 5.02 Å². The minimum atomic E-state index is -1.18. The normalized spacial score (nSPS) is 12.3. The fourth-order valence-electron chi connectivity index (χ4n) is 3.28. The van der Waals surface area contributed by atoms with Crippen molar-refractivity contribution in [3.8, 4) is 11.1 Å². The Hall–Kier alpha value is -2.71. The van der Waals surface area contributed by atoms with Gasteiger partial charge < -0.3 is 0 Å². The second kappa shape index (κ2) is 7.50. The van der Waals surface area contributed by atoms with Crippen LogP contribution in [-0.4, -0.2) is 0 Å². The predicted molar refractivity (Wildman–Crippen MR) is 108 cm³/mol. The van der Waals surface area contributed by atoms with Crippen LogP contribution >= 0.6 is 11.6 Å². The first-order valence-electron chi connectivity index (χ1n) is 8.77. The Bertz CT molecular complexity index is 1090. The lowest BCUT2D eigenvalue weighted by molar-refractivity contribution is 0.342. The van der Waals surface area contributed by atoms with Gasteiger partial charge in [0.15, 0.2) is 0 Å². The van der Waals surface area contributed by atoms with E-state index in [1.54, 1.807) is 42.5 Å². The molecule has 0 heterocycles. The average Bonchev–Trinajstić information content (AvgIpc) is 2.68. The first kappa shape index (κ1) is 17.7. The highest BCUT2D eigenvalue weighted by Gasteiger charge is 2.13. The molecule has 0 fully saturated rings. The minimum absolute atomic E-state index is 0.135. The van der Waals surface area contributed by atoms with E-state index in [1.165, 1.54) is 6.07 Å². The molecule has 4 rings (SSSR count). The molecule has 0 aromatic heterocycles. The van der Waals surface area contributed by atoms with Gasteiger partial charge in [0, 0.05) is 17.0 Å². The summed E-state index contributed by atoms with van der Waals surface area (Å²) in [5.74, 6) is -0.361. The molecule has 4 aromatic rings. The van der Waals surface area contributed by atoms with Crippen molar-refractivity contribution in [3.63, 3.8) is 0 Å². The molecule has 0 saturated heterocycles. The average molecular weight is 379 g/mol. The molecule has 4 aromatic carbocycles. The van der Waals surface area contributed by atoms with E-state index in [0.717, 1.165) is 16.3 Å². The van der Waals surface area contributed by atoms with Crippen LogP contribution in [-0.2, 0) is 6.42 Å². The number of alkyl halides is 1. The fraction of sp³-hybridized carbons (Fsp3) is 0.0833. The van der Waals surface area contributed by atoms with Gasteiger partial charge in [-0.25, -0.2) is 8.78 Å². The molecular weight excluding hydrogens is 362 g/mol. The molecule has 0 nitrogen and oxygen atoms in total. The van der Waals surface area contributed by atoms with Crippen molar-refractivity contribution < 1.29 is 8.78 Å². The molecule has 0 saturated carbocycles. The summed E-state index contributed by atoms with van der Waals surface area (Å²) in [4.78, 5) is 0. The van der Waals surface area contributed by atoms with Crippen molar-refractivity contribution >= 4 is 22.4 Å². The van der Waals surface area contributed by atoms with Crippen LogP contribution in [0.1, 0.15) is 17.3 Å². The molecule has 0 aliphatic rings. The van der Waals surface area contributed by atoms with Gasteiger partial charge in [-0.2, -0.15) is 0 Å². The lowest BCUT2D eigenvalue weighted by Crippen LogP contribution is -1.98. The van der Waals surface area contributed by atoms with Gasteiger partial charge in [-0.05, 0) is 51.7 Å². The third kappa shape index (κ3) is 3.86. The van der Waals surface area contributed by atoms with Crippen LogP contribution in [0.4, 0.5) is 8.78 Å². The van der Waals surface area contributed by atoms with Crippen molar-refractivity contribution in [1.29, 1.82) is 0 Å². The van der Waals surface area contributed by atoms with Gasteiger partial charge in [-0.15, -0.1) is 0 Å². The van der Waals surface area contributed by atoms with Gasteiger partial charge in [0.1, 0.15) is 12.0 Å². The second-order valence-electron chi connectivity index (χ2n) is 6.60. The van der Waals surface area contributed by atoms with E-state index < -0.39 is 6.17 Å². The van der Waals surface area contributed by atoms with Gasteiger partial charge >= 0.3 is 0 Å². The molecule has 27 heavy (non-hydrogen) atoms. The minimum Gasteiger partial charge on any atom is -0.242 e. The summed E-state index contributed by atoms with van der Waals surface area (Å²) in [7, 11) is 0. The Kier molecular flexibility index (Phi) is 4.91. The zero-order chi connectivity index (χ0) is 18.8. The SMILES string of the molecule is Fc1cc(CC(F)c2ccc3ccccc3c2)ccc1-c1ccc(Cl)cc1. The van der Waals surface area contributed by atoms with Gasteiger partial charge in [-0.3, -0.25) is 0 Å². The van der Waals surface area contributed by atoms with Crippen LogP contribution in [0.25, 0.3) is 21.9 Å². The maximum absolute atomic E-state index is 14.8. The standard InChI is InChI=1S/C24H17ClF2/c25-21-10-8-18(9-11-21)22-12-5-16(14-24(22)27)13-23(26)20-7-6-17-3-1-2-4-19(17)15-20/h1-12,14-15,23H,13H2. The van der Waals surface area contributed by atoms with E-state index in [1.807, 2.05) is 36.4 Å². The second-order valence-corrected chi connectivity index (χ2v) is 7.04. The first-order chi connectivity index (χ1) is 13.1. The zero-order valence-corrected chi connectivity index (χ0v) is 15.3. The quantitative estimate of drug-likeness (QED) is 0.344. The van der Waals surface area contributed by atoms with Gasteiger partial charge in [0.2, 0.25) is 0 Å². The molecule has 0 bridgehead atoms. The van der Waals surface area contributed by atoms with Crippen molar-refractivity contribution in [2.75, 3.05) is 0 Å². The highest BCUT2D eigenvalue weighted by Crippen LogP contribution is 2.29. The summed E-state index contributed by atoms with van der Waals surface area (Å²) in [6, 6.07) is 25.3. The van der Waals surface area contributed by atoms with Crippen LogP contribution in [0, 0.1) is 5.82 Å². The molecule has 134 valence electrons. The fourth-order valence-corrected chi connectivity index (χ4v) is 3.40. The first-order valence-corrected chi connectivity index (χ1v) is 9.15. The molecule has 1 atom stereocenters. The Morgan fingerprint density at radius 3 is 2.26 bits per heavy atom. The van der Waals surface area contributed by atoms with E-state index >= 15 is 0 Å². The molecule has 0 spiro atoms. The van der Waals surface area contributed by atoms with E-state index in [2.05, 4.69) is 0 Å². The van der Waals surface area contributed by atoms with E-state index in [0.29, 0.717) is 21.7 Å². The number of rotatable bonds is 4. The van der Waals surface area contributed by atoms with Crippen LogP contribution in [0.5, 0.6) is 0 Å². The van der Waals surface area contributed by atoms with Crippen molar-refractivity contribution in [2.24, 2.45) is 0 Å². The molecule has 0 N–H and O–H groups in total. The summed E-state index contributed by atoms with van der Waals surface area (Å²) in [6.07, 6.45) is -1.05. The van der Waals surface area contributed by atoms with Crippen molar-refractivity contribution in [3.05, 3.63) is 107 Å². The largest absolute Gasteiger partial charge is 0.242 e. The maximum atomic E-state index is 14.8. The van der Waals surface area contributed by atoms with E-state index in [9.17, 15) is 8.78 Å². The summed E-state index contributed by atoms with van der Waals surface area (Å²) in [6.45, 7) is 0. The molecule has 1 unspecified atom stereocenters. The molecule has 3 heteroatoms. The van der Waals surface area contributed by atoms with E-state index in [-0.39, 0.29) is 12.2 Å². The molecular formula is C24H17ClF2. The monoisotopic (exact) mass is 378 g/mol. The van der Waals surface area contributed by atoms with Gasteiger partial charge in [0.25, 0.3) is 0 Å². The highest BCUT2D eigenvalue weighted by atomic mass is 35.5. The maximum Gasteiger partial charge on any atom is 0.131 e. The Morgan fingerprint density at radius 2 is 1.52 bits per heavy atom. The Labute approximate surface area is 162 Å². The third-order valence-electron chi connectivity index (χ3n) is 4.74. The summed E-state index contributed by atoms with van der Waals surface area (Å²) in [5.41, 5.74) is 2.47. The van der Waals surface area contributed by atoms with Crippen LogP contribution in [0.15, 0.2) is 84.9 Å². The number of hydrogen-bond acceptors (Lipinski definition) is 0. The number of benzene rings is 4. The molecule has 0 radical (unpaired) electrons. The topological polar surface area (TPSA) is 0 Å². The molecule has 0 amide bonds. The third-order valence-corrected chi connectivity index (χ3v) is 4.99. The van der Waals surface area contributed by atoms with Crippen molar-refractivity contribution in [1.82, 2.24) is 0 Å². The lowest BCUT2D eigenvalue weighted by atomic mass is 9.97. The smallest absolute Gasteiger partial charge is 0.131 e. The van der Waals surface area contributed by atoms with Crippen molar-refractivity contribution in [2.45, 2.75) is 12.6 Å². The van der Waals surface area contributed by atoms with Crippen LogP contribution < -0.4 is 0 Å². The molecule has 0 aliphatic heterocycles. The van der Waals surface area contributed by atoms with Crippen LogP contribution in [0.3, 0.4) is 0 Å². The van der Waals surface area contributed by atoms with Gasteiger partial charge in [0.05, 0.1) is 0 Å². The number of hydrogen-bond donors (Lipinski definition) is 0. The summed E-state index contributed by atoms with van der Waals surface area (Å²) < 4.78 is 29.4. The van der Waals surface area contributed by atoms with Gasteiger partial charge in [-0.1, -0.05) is 72.3 Å². The lowest BCUT2D eigenvalue weighted by Gasteiger charge is -2.11. The summed E-state index contributed by atoms with van der Waals surface area (Å²) in [5, 5.41) is 2.68. The zero-order valence-electron chi connectivity index (χ0n) is 14.5.